The van der Waals surface area contributed by atoms with Gasteiger partial charge in [-0.25, -0.2) is 8.78 Å². The molecule has 1 aliphatic rings. The molecule has 0 spiro atoms. The Morgan fingerprint density at radius 1 is 1.50 bits per heavy atom. The van der Waals surface area contributed by atoms with Gasteiger partial charge in [0.2, 0.25) is 5.92 Å². The Morgan fingerprint density at radius 2 is 2.31 bits per heavy atom. The topological polar surface area (TPSA) is 33.1 Å². The van der Waals surface area contributed by atoms with E-state index in [2.05, 4.69) is 4.98 Å². The predicted octanol–water partition coefficient (Wildman–Crippen LogP) is 2.42. The van der Waals surface area contributed by atoms with Gasteiger partial charge in [0, 0.05) is 31.2 Å². The van der Waals surface area contributed by atoms with Crippen LogP contribution in [0.25, 0.3) is 0 Å². The lowest BCUT2D eigenvalue weighted by atomic mass is 9.96. The first-order valence-corrected chi connectivity index (χ1v) is 5.53. The third kappa shape index (κ3) is 2.76. The summed E-state index contributed by atoms with van der Waals surface area (Å²) in [6.45, 7) is 0. The number of pyridine rings is 1. The largest absolute Gasteiger partial charge is 0.392 e. The lowest BCUT2D eigenvalue weighted by molar-refractivity contribution is -0.00488. The number of rotatable bonds is 3. The van der Waals surface area contributed by atoms with Crippen molar-refractivity contribution in [2.45, 2.75) is 37.7 Å². The molecule has 1 N–H and O–H groups in total. The summed E-state index contributed by atoms with van der Waals surface area (Å²) in [4.78, 5) is 4.08. The number of aromatic nitrogens is 1. The number of halogens is 2. The molecule has 0 amide bonds. The second kappa shape index (κ2) is 4.45. The van der Waals surface area contributed by atoms with Crippen LogP contribution in [0.2, 0.25) is 0 Å². The Kier molecular flexibility index (Phi) is 3.19. The second-order valence-corrected chi connectivity index (χ2v) is 4.45. The van der Waals surface area contributed by atoms with E-state index in [0.717, 1.165) is 5.69 Å². The maximum Gasteiger partial charge on any atom is 0.248 e. The van der Waals surface area contributed by atoms with Crippen molar-refractivity contribution >= 4 is 0 Å². The van der Waals surface area contributed by atoms with Crippen LogP contribution in [0.4, 0.5) is 8.78 Å². The number of nitrogens with zero attached hydrogens (tertiary/aromatic N) is 1. The van der Waals surface area contributed by atoms with Gasteiger partial charge in [0.05, 0.1) is 6.10 Å². The van der Waals surface area contributed by atoms with Crippen LogP contribution in [0.5, 0.6) is 0 Å². The van der Waals surface area contributed by atoms with Crippen LogP contribution in [-0.2, 0) is 6.42 Å². The highest BCUT2D eigenvalue weighted by Gasteiger charge is 2.42. The Labute approximate surface area is 93.3 Å². The summed E-state index contributed by atoms with van der Waals surface area (Å²) in [5.41, 5.74) is 0.755. The van der Waals surface area contributed by atoms with Crippen LogP contribution in [0, 0.1) is 5.92 Å². The first-order chi connectivity index (χ1) is 7.57. The molecule has 1 heterocycles. The fraction of sp³-hybridized carbons (Fsp3) is 0.583. The first kappa shape index (κ1) is 11.5. The van der Waals surface area contributed by atoms with Gasteiger partial charge in [-0.15, -0.1) is 0 Å². The van der Waals surface area contributed by atoms with Crippen molar-refractivity contribution in [1.82, 2.24) is 4.98 Å². The molecule has 2 atom stereocenters. The average molecular weight is 227 g/mol. The molecule has 16 heavy (non-hydrogen) atoms. The molecule has 0 bridgehead atoms. The van der Waals surface area contributed by atoms with Gasteiger partial charge in [-0.3, -0.25) is 4.98 Å². The van der Waals surface area contributed by atoms with Gasteiger partial charge in [0.1, 0.15) is 0 Å². The van der Waals surface area contributed by atoms with Crippen molar-refractivity contribution in [2.24, 2.45) is 5.92 Å². The third-order valence-corrected chi connectivity index (χ3v) is 3.13. The van der Waals surface area contributed by atoms with E-state index in [1.54, 1.807) is 18.3 Å². The van der Waals surface area contributed by atoms with Crippen LogP contribution >= 0.6 is 0 Å². The van der Waals surface area contributed by atoms with Crippen molar-refractivity contribution < 1.29 is 13.9 Å². The molecule has 2 nitrogen and oxygen atoms in total. The van der Waals surface area contributed by atoms with E-state index in [0.29, 0.717) is 12.8 Å². The Hall–Kier alpha value is -1.03. The van der Waals surface area contributed by atoms with E-state index in [4.69, 9.17) is 0 Å². The van der Waals surface area contributed by atoms with E-state index in [1.807, 2.05) is 6.07 Å². The third-order valence-electron chi connectivity index (χ3n) is 3.13. The van der Waals surface area contributed by atoms with E-state index in [9.17, 15) is 13.9 Å². The average Bonchev–Trinajstić information content (AvgIpc) is 2.60. The molecule has 1 aromatic heterocycles. The highest BCUT2D eigenvalue weighted by molar-refractivity contribution is 5.05. The minimum absolute atomic E-state index is 0.100. The minimum atomic E-state index is -2.59. The number of aliphatic hydroxyl groups excluding tert-OH is 1. The SMILES string of the molecule is OC(Cc1ccccn1)C1CCC(F)(F)C1. The summed E-state index contributed by atoms with van der Waals surface area (Å²) < 4.78 is 25.9. The molecular weight excluding hydrogens is 212 g/mol. The van der Waals surface area contributed by atoms with Crippen molar-refractivity contribution in [1.29, 1.82) is 0 Å². The van der Waals surface area contributed by atoms with Crippen LogP contribution in [0.1, 0.15) is 25.0 Å². The highest BCUT2D eigenvalue weighted by Crippen LogP contribution is 2.40. The maximum atomic E-state index is 13.0. The van der Waals surface area contributed by atoms with Gasteiger partial charge in [-0.2, -0.15) is 0 Å². The van der Waals surface area contributed by atoms with Crippen LogP contribution < -0.4 is 0 Å². The normalized spacial score (nSPS) is 25.6. The fourth-order valence-electron chi connectivity index (χ4n) is 2.21. The number of alkyl halides is 2. The zero-order valence-electron chi connectivity index (χ0n) is 8.94. The van der Waals surface area contributed by atoms with E-state index in [-0.39, 0.29) is 18.8 Å². The molecular formula is C12H15F2NO. The van der Waals surface area contributed by atoms with Crippen molar-refractivity contribution in [3.05, 3.63) is 30.1 Å². The summed E-state index contributed by atoms with van der Waals surface area (Å²) in [7, 11) is 0. The van der Waals surface area contributed by atoms with Crippen molar-refractivity contribution in [3.8, 4) is 0 Å². The number of aliphatic hydroxyl groups is 1. The van der Waals surface area contributed by atoms with Crippen LogP contribution in [0.3, 0.4) is 0 Å². The number of hydrogen-bond donors (Lipinski definition) is 1. The Bertz CT molecular complexity index is 342. The molecule has 2 rings (SSSR count). The van der Waals surface area contributed by atoms with Gasteiger partial charge in [0.25, 0.3) is 0 Å². The zero-order valence-corrected chi connectivity index (χ0v) is 8.94. The maximum absolute atomic E-state index is 13.0. The summed E-state index contributed by atoms with van der Waals surface area (Å²) >= 11 is 0. The Balaban J connectivity index is 1.92. The van der Waals surface area contributed by atoms with E-state index >= 15 is 0 Å². The molecule has 0 aromatic carbocycles. The molecule has 2 unspecified atom stereocenters. The minimum Gasteiger partial charge on any atom is -0.392 e. The molecule has 1 aromatic rings. The summed E-state index contributed by atoms with van der Waals surface area (Å²) in [6, 6.07) is 5.42. The van der Waals surface area contributed by atoms with Crippen LogP contribution in [0.15, 0.2) is 24.4 Å². The molecule has 1 saturated carbocycles. The molecule has 88 valence electrons. The van der Waals surface area contributed by atoms with Gasteiger partial charge < -0.3 is 5.11 Å². The molecule has 1 fully saturated rings. The predicted molar refractivity (Wildman–Crippen MR) is 56.2 cm³/mol. The standard InChI is InChI=1S/C12H15F2NO/c13-12(14)5-4-9(8-12)11(16)7-10-3-1-2-6-15-10/h1-3,6,9,11,16H,4-5,7-8H2. The van der Waals surface area contributed by atoms with Gasteiger partial charge >= 0.3 is 0 Å². The quantitative estimate of drug-likeness (QED) is 0.860. The van der Waals surface area contributed by atoms with Gasteiger partial charge in [-0.1, -0.05) is 6.07 Å². The summed E-state index contributed by atoms with van der Waals surface area (Å²) in [5, 5.41) is 9.86. The summed E-state index contributed by atoms with van der Waals surface area (Å²) in [5.74, 6) is -2.88. The monoisotopic (exact) mass is 227 g/mol. The van der Waals surface area contributed by atoms with Crippen molar-refractivity contribution in [3.63, 3.8) is 0 Å². The smallest absolute Gasteiger partial charge is 0.248 e. The fourth-order valence-corrected chi connectivity index (χ4v) is 2.21. The molecule has 1 aliphatic carbocycles. The van der Waals surface area contributed by atoms with Gasteiger partial charge in [-0.05, 0) is 24.5 Å². The van der Waals surface area contributed by atoms with Crippen LogP contribution in [-0.4, -0.2) is 22.1 Å². The van der Waals surface area contributed by atoms with Gasteiger partial charge in [0.15, 0.2) is 0 Å². The van der Waals surface area contributed by atoms with E-state index in [1.165, 1.54) is 0 Å². The first-order valence-electron chi connectivity index (χ1n) is 5.53. The van der Waals surface area contributed by atoms with Crippen molar-refractivity contribution in [2.75, 3.05) is 0 Å². The lowest BCUT2D eigenvalue weighted by Crippen LogP contribution is -2.23. The molecule has 4 heteroatoms. The lowest BCUT2D eigenvalue weighted by Gasteiger charge is -2.17. The summed E-state index contributed by atoms with van der Waals surface area (Å²) in [6.07, 6.45) is 1.41. The molecule has 0 aliphatic heterocycles. The Morgan fingerprint density at radius 3 is 2.88 bits per heavy atom. The van der Waals surface area contributed by atoms with E-state index < -0.39 is 12.0 Å². The highest BCUT2D eigenvalue weighted by atomic mass is 19.3. The molecule has 0 saturated heterocycles. The zero-order chi connectivity index (χ0) is 11.6. The number of hydrogen-bond acceptors (Lipinski definition) is 2. The second-order valence-electron chi connectivity index (χ2n) is 4.45. The molecule has 0 radical (unpaired) electrons.